The molecular weight excluding hydrogens is 290 g/mol. The van der Waals surface area contributed by atoms with Crippen molar-refractivity contribution in [1.29, 1.82) is 0 Å². The van der Waals surface area contributed by atoms with Crippen LogP contribution in [0.2, 0.25) is 0 Å². The molecule has 0 heterocycles. The lowest BCUT2D eigenvalue weighted by atomic mass is 10.2. The highest BCUT2D eigenvalue weighted by atomic mass is 79.9. The summed E-state index contributed by atoms with van der Waals surface area (Å²) in [6.07, 6.45) is 2.27. The molecule has 0 atom stereocenters. The van der Waals surface area contributed by atoms with Crippen molar-refractivity contribution in [3.8, 4) is 11.5 Å². The van der Waals surface area contributed by atoms with Crippen LogP contribution >= 0.6 is 15.9 Å². The van der Waals surface area contributed by atoms with Crippen molar-refractivity contribution in [1.82, 2.24) is 0 Å². The summed E-state index contributed by atoms with van der Waals surface area (Å²) < 4.78 is 11.2. The number of hydrogen-bond donors (Lipinski definition) is 0. The average Bonchev–Trinajstić information content (AvgIpc) is 2.28. The van der Waals surface area contributed by atoms with E-state index < -0.39 is 4.92 Å². The van der Waals surface area contributed by atoms with E-state index in [4.69, 9.17) is 9.47 Å². The first-order valence-electron chi connectivity index (χ1n) is 4.90. The first-order valence-corrected chi connectivity index (χ1v) is 5.69. The van der Waals surface area contributed by atoms with Crippen LogP contribution in [0.1, 0.15) is 12.5 Å². The fraction of sp³-hybridized carbons (Fsp3) is 0.273. The maximum atomic E-state index is 10.3. The molecule has 1 aromatic carbocycles. The molecule has 6 heteroatoms. The Balaban J connectivity index is 3.12. The van der Waals surface area contributed by atoms with Crippen LogP contribution in [-0.4, -0.2) is 18.6 Å². The van der Waals surface area contributed by atoms with Gasteiger partial charge in [-0.2, -0.15) is 0 Å². The van der Waals surface area contributed by atoms with Crippen LogP contribution in [0.4, 0.5) is 0 Å². The monoisotopic (exact) mass is 301 g/mol. The highest BCUT2D eigenvalue weighted by Gasteiger charge is 2.08. The van der Waals surface area contributed by atoms with Crippen LogP contribution in [-0.2, 0) is 0 Å². The van der Waals surface area contributed by atoms with E-state index >= 15 is 0 Å². The van der Waals surface area contributed by atoms with Crippen molar-refractivity contribution in [2.75, 3.05) is 13.7 Å². The van der Waals surface area contributed by atoms with E-state index in [1.54, 1.807) is 12.1 Å². The van der Waals surface area contributed by atoms with Crippen molar-refractivity contribution in [3.05, 3.63) is 38.5 Å². The minimum atomic E-state index is -0.518. The number of ether oxygens (including phenoxy) is 2. The minimum Gasteiger partial charge on any atom is -0.493 e. The van der Waals surface area contributed by atoms with Gasteiger partial charge >= 0.3 is 0 Å². The van der Waals surface area contributed by atoms with Crippen LogP contribution in [0.3, 0.4) is 0 Å². The summed E-state index contributed by atoms with van der Waals surface area (Å²) in [5.74, 6) is 1.14. The number of nitrogens with zero attached hydrogens (tertiary/aromatic N) is 1. The van der Waals surface area contributed by atoms with Crippen molar-refractivity contribution in [2.45, 2.75) is 6.92 Å². The maximum absolute atomic E-state index is 10.3. The lowest BCUT2D eigenvalue weighted by molar-refractivity contribution is -0.400. The summed E-state index contributed by atoms with van der Waals surface area (Å²) in [5, 5.41) is 10.3. The highest BCUT2D eigenvalue weighted by molar-refractivity contribution is 9.10. The molecular formula is C11H12BrNO4. The third kappa shape index (κ3) is 3.74. The Kier molecular flexibility index (Phi) is 4.96. The van der Waals surface area contributed by atoms with E-state index in [0.29, 0.717) is 28.1 Å². The predicted molar refractivity (Wildman–Crippen MR) is 67.9 cm³/mol. The van der Waals surface area contributed by atoms with Gasteiger partial charge in [-0.3, -0.25) is 10.1 Å². The van der Waals surface area contributed by atoms with Gasteiger partial charge in [0, 0.05) is 10.5 Å². The molecule has 0 saturated heterocycles. The van der Waals surface area contributed by atoms with Crippen LogP contribution in [0.5, 0.6) is 11.5 Å². The summed E-state index contributed by atoms with van der Waals surface area (Å²) in [5.41, 5.74) is 0.655. The zero-order chi connectivity index (χ0) is 12.8. The second kappa shape index (κ2) is 6.24. The van der Waals surface area contributed by atoms with Gasteiger partial charge in [-0.05, 0) is 24.6 Å². The van der Waals surface area contributed by atoms with Gasteiger partial charge in [0.1, 0.15) is 0 Å². The summed E-state index contributed by atoms with van der Waals surface area (Å²) >= 11 is 3.32. The predicted octanol–water partition coefficient (Wildman–Crippen LogP) is 3.10. The number of hydrogen-bond acceptors (Lipinski definition) is 4. The van der Waals surface area contributed by atoms with E-state index in [1.165, 1.54) is 13.2 Å². The van der Waals surface area contributed by atoms with Crippen molar-refractivity contribution in [3.63, 3.8) is 0 Å². The van der Waals surface area contributed by atoms with Crippen LogP contribution < -0.4 is 9.47 Å². The average molecular weight is 302 g/mol. The second-order valence-corrected chi connectivity index (χ2v) is 3.91. The molecule has 1 rings (SSSR count). The van der Waals surface area contributed by atoms with Gasteiger partial charge in [0.2, 0.25) is 6.20 Å². The normalized spacial score (nSPS) is 10.5. The maximum Gasteiger partial charge on any atom is 0.235 e. The van der Waals surface area contributed by atoms with E-state index in [2.05, 4.69) is 15.9 Å². The largest absolute Gasteiger partial charge is 0.493 e. The molecule has 0 bridgehead atoms. The summed E-state index contributed by atoms with van der Waals surface area (Å²) in [6.45, 7) is 2.39. The van der Waals surface area contributed by atoms with Gasteiger partial charge in [-0.1, -0.05) is 15.9 Å². The van der Waals surface area contributed by atoms with Crippen LogP contribution in [0.25, 0.3) is 6.08 Å². The Hall–Kier alpha value is -1.56. The van der Waals surface area contributed by atoms with Crippen LogP contribution in [0.15, 0.2) is 22.8 Å². The van der Waals surface area contributed by atoms with Crippen molar-refractivity contribution < 1.29 is 14.4 Å². The van der Waals surface area contributed by atoms with Gasteiger partial charge in [-0.25, -0.2) is 0 Å². The van der Waals surface area contributed by atoms with Gasteiger partial charge in [-0.15, -0.1) is 0 Å². The van der Waals surface area contributed by atoms with Gasteiger partial charge in [0.05, 0.1) is 18.6 Å². The van der Waals surface area contributed by atoms with Crippen molar-refractivity contribution >= 4 is 22.0 Å². The van der Waals surface area contributed by atoms with E-state index in [9.17, 15) is 10.1 Å². The molecule has 0 amide bonds. The quantitative estimate of drug-likeness (QED) is 0.619. The zero-order valence-electron chi connectivity index (χ0n) is 9.47. The molecule has 0 aliphatic rings. The number of nitro groups is 1. The number of benzene rings is 1. The summed E-state index contributed by atoms with van der Waals surface area (Å²) in [4.78, 5) is 9.74. The molecule has 0 aliphatic heterocycles. The molecule has 5 nitrogen and oxygen atoms in total. The molecule has 0 radical (unpaired) electrons. The first kappa shape index (κ1) is 13.5. The molecule has 0 aromatic heterocycles. The molecule has 0 unspecified atom stereocenters. The molecule has 92 valence electrons. The molecule has 0 aliphatic carbocycles. The zero-order valence-corrected chi connectivity index (χ0v) is 11.1. The first-order chi connectivity index (χ1) is 8.08. The number of methoxy groups -OCH3 is 1. The third-order valence-electron chi connectivity index (χ3n) is 1.96. The minimum absolute atomic E-state index is 0.518. The fourth-order valence-electron chi connectivity index (χ4n) is 1.25. The Labute approximate surface area is 107 Å². The van der Waals surface area contributed by atoms with Gasteiger partial charge < -0.3 is 9.47 Å². The standard InChI is InChI=1S/C11H12BrNO4/c1-3-17-11-7-9(12)8(4-5-13(14)15)6-10(11)16-2/h4-7H,3H2,1-2H3. The topological polar surface area (TPSA) is 61.6 Å². The summed E-state index contributed by atoms with van der Waals surface area (Å²) in [6, 6.07) is 3.40. The number of halogens is 1. The van der Waals surface area contributed by atoms with E-state index in [0.717, 1.165) is 6.20 Å². The molecule has 0 saturated carbocycles. The van der Waals surface area contributed by atoms with Gasteiger partial charge in [0.15, 0.2) is 11.5 Å². The molecule has 0 N–H and O–H groups in total. The summed E-state index contributed by atoms with van der Waals surface area (Å²) in [7, 11) is 1.52. The number of rotatable bonds is 5. The molecule has 0 fully saturated rings. The smallest absolute Gasteiger partial charge is 0.235 e. The van der Waals surface area contributed by atoms with Gasteiger partial charge in [0.25, 0.3) is 0 Å². The SMILES string of the molecule is CCOc1cc(Br)c(C=C[N+](=O)[O-])cc1OC. The highest BCUT2D eigenvalue weighted by Crippen LogP contribution is 2.34. The Morgan fingerprint density at radius 2 is 2.18 bits per heavy atom. The fourth-order valence-corrected chi connectivity index (χ4v) is 1.70. The molecule has 1 aromatic rings. The molecule has 17 heavy (non-hydrogen) atoms. The second-order valence-electron chi connectivity index (χ2n) is 3.06. The van der Waals surface area contributed by atoms with E-state index in [-0.39, 0.29) is 0 Å². The lowest BCUT2D eigenvalue weighted by Gasteiger charge is -2.11. The van der Waals surface area contributed by atoms with Crippen LogP contribution in [0, 0.1) is 10.1 Å². The Morgan fingerprint density at radius 3 is 2.71 bits per heavy atom. The van der Waals surface area contributed by atoms with Crippen molar-refractivity contribution in [2.24, 2.45) is 0 Å². The Bertz CT molecular complexity index is 445. The lowest BCUT2D eigenvalue weighted by Crippen LogP contribution is -1.96. The third-order valence-corrected chi connectivity index (χ3v) is 2.65. The Morgan fingerprint density at radius 1 is 1.47 bits per heavy atom. The molecule has 0 spiro atoms. The van der Waals surface area contributed by atoms with E-state index in [1.807, 2.05) is 6.92 Å².